The van der Waals surface area contributed by atoms with E-state index in [4.69, 9.17) is 0 Å². The number of likely N-dealkylation sites (N-methyl/N-ethyl adjacent to an activating group) is 1. The highest BCUT2D eigenvalue weighted by Crippen LogP contribution is 1.93. The summed E-state index contributed by atoms with van der Waals surface area (Å²) < 4.78 is 0. The lowest BCUT2D eigenvalue weighted by Gasteiger charge is -2.16. The monoisotopic (exact) mass is 125 g/mol. The number of allylic oxidation sites excluding steroid dienone is 1. The smallest absolute Gasteiger partial charge is 0.176 e. The summed E-state index contributed by atoms with van der Waals surface area (Å²) in [6.07, 6.45) is 0. The lowest BCUT2D eigenvalue weighted by Crippen LogP contribution is -3.01. The van der Waals surface area contributed by atoms with E-state index >= 15 is 0 Å². The number of quaternary nitrogens is 1. The van der Waals surface area contributed by atoms with Gasteiger partial charge in [0.1, 0.15) is 0 Å². The Balaban J connectivity index is 4.38. The summed E-state index contributed by atoms with van der Waals surface area (Å²) in [6.45, 7) is 8.71. The van der Waals surface area contributed by atoms with Gasteiger partial charge in [0, 0.05) is 5.57 Å². The molecule has 0 aromatic rings. The zero-order valence-corrected chi connectivity index (χ0v) is 5.82. The number of hydrogen-bond acceptors (Lipinski definition) is 1. The maximum Gasteiger partial charge on any atom is 0.176 e. The molecule has 0 aliphatic rings. The van der Waals surface area contributed by atoms with E-state index in [9.17, 15) is 5.21 Å². The minimum absolute atomic E-state index is 0.0301. The van der Waals surface area contributed by atoms with Crippen LogP contribution < -0.4 is 5.06 Å². The highest BCUT2D eigenvalue weighted by molar-refractivity contribution is 5.16. The summed E-state index contributed by atoms with van der Waals surface area (Å²) in [4.78, 5) is 0. The maximum absolute atomic E-state index is 10.6. The Morgan fingerprint density at radius 2 is 2.11 bits per heavy atom. The molecule has 1 unspecified atom stereocenters. The van der Waals surface area contributed by atoms with Crippen molar-refractivity contribution >= 4 is 0 Å². The third kappa shape index (κ3) is 2.29. The summed E-state index contributed by atoms with van der Waals surface area (Å²) in [6, 6.07) is 0. The Labute approximate surface area is 55.4 Å². The second-order valence-electron chi connectivity index (χ2n) is 1.89. The molecule has 0 aliphatic heterocycles. The minimum Gasteiger partial charge on any atom is -0.629 e. The molecular weight excluding hydrogens is 114 g/mol. The first kappa shape index (κ1) is 8.18. The first-order valence-electron chi connectivity index (χ1n) is 2.66. The van der Waals surface area contributed by atoms with E-state index in [1.54, 1.807) is 6.92 Å². The Kier molecular flexibility index (Phi) is 2.96. The second-order valence-corrected chi connectivity index (χ2v) is 1.89. The molecule has 0 saturated carbocycles. The molecule has 9 heavy (non-hydrogen) atoms. The van der Waals surface area contributed by atoms with E-state index in [0.29, 0.717) is 5.70 Å². The summed E-state index contributed by atoms with van der Waals surface area (Å²) >= 11 is 0. The fraction of sp³-hybridized carbons (Fsp3) is 0.286. The molecule has 2 nitrogen and oxygen atoms in total. The molecule has 1 N–H and O–H groups in total. The zero-order valence-electron chi connectivity index (χ0n) is 5.82. The van der Waals surface area contributed by atoms with Crippen molar-refractivity contribution < 1.29 is 5.06 Å². The van der Waals surface area contributed by atoms with Gasteiger partial charge in [0.25, 0.3) is 0 Å². The Bertz CT molecular complexity index is 164. The van der Waals surface area contributed by atoms with E-state index in [0.717, 1.165) is 5.57 Å². The van der Waals surface area contributed by atoms with Crippen molar-refractivity contribution in [2.75, 3.05) is 7.05 Å². The van der Waals surface area contributed by atoms with Gasteiger partial charge in [-0.25, -0.2) is 0 Å². The van der Waals surface area contributed by atoms with Gasteiger partial charge in [-0.3, -0.25) is 0 Å². The number of rotatable bonds is 2. The fourth-order valence-electron chi connectivity index (χ4n) is 0.576. The fourth-order valence-corrected chi connectivity index (χ4v) is 0.576. The third-order valence-electron chi connectivity index (χ3n) is 0.956. The second kappa shape index (κ2) is 3.25. The van der Waals surface area contributed by atoms with Crippen LogP contribution in [0.2, 0.25) is 0 Å². The summed E-state index contributed by atoms with van der Waals surface area (Å²) in [5.74, 6) is 0. The van der Waals surface area contributed by atoms with E-state index in [-0.39, 0.29) is 5.06 Å². The van der Waals surface area contributed by atoms with Gasteiger partial charge >= 0.3 is 0 Å². The molecule has 0 saturated heterocycles. The molecular formula is C7H11NO. The standard InChI is InChI=1S/C7H11NO/c1-5-7(6(2)3)8(4)9/h8H,1-2H2,3-4H3. The van der Waals surface area contributed by atoms with Crippen molar-refractivity contribution in [3.8, 4) is 0 Å². The van der Waals surface area contributed by atoms with Gasteiger partial charge in [-0.15, -0.1) is 0 Å². The van der Waals surface area contributed by atoms with Gasteiger partial charge in [0.15, 0.2) is 5.70 Å². The number of hydroxylamine groups is 2. The SMILES string of the molecule is C=C=C(C(=C)C)[NH+](C)[O-]. The average Bonchev–Trinajstić information content (AvgIpc) is 1.64. The summed E-state index contributed by atoms with van der Waals surface area (Å²) in [5, 5.41) is 10.6. The van der Waals surface area contributed by atoms with E-state index < -0.39 is 0 Å². The number of hydrogen-bond donors (Lipinski definition) is 1. The van der Waals surface area contributed by atoms with Crippen LogP contribution in [-0.4, -0.2) is 7.05 Å². The Hall–Kier alpha value is -0.820. The van der Waals surface area contributed by atoms with Gasteiger partial charge < -0.3 is 10.3 Å². The van der Waals surface area contributed by atoms with Crippen molar-refractivity contribution in [3.63, 3.8) is 0 Å². The molecule has 0 amide bonds. The Morgan fingerprint density at radius 1 is 1.67 bits per heavy atom. The summed E-state index contributed by atoms with van der Waals surface area (Å²) in [5.41, 5.74) is 3.73. The molecule has 0 spiro atoms. The van der Waals surface area contributed by atoms with Crippen LogP contribution in [0.5, 0.6) is 0 Å². The molecule has 0 aliphatic carbocycles. The highest BCUT2D eigenvalue weighted by Gasteiger charge is 1.98. The van der Waals surface area contributed by atoms with Crippen LogP contribution in [0.25, 0.3) is 0 Å². The van der Waals surface area contributed by atoms with Crippen molar-refractivity contribution in [2.45, 2.75) is 6.92 Å². The highest BCUT2D eigenvalue weighted by atomic mass is 16.5. The molecule has 50 valence electrons. The van der Waals surface area contributed by atoms with Gasteiger partial charge in [-0.2, -0.15) is 0 Å². The normalized spacial score (nSPS) is 11.9. The minimum atomic E-state index is -0.0301. The summed E-state index contributed by atoms with van der Waals surface area (Å²) in [7, 11) is 1.47. The van der Waals surface area contributed by atoms with Crippen molar-refractivity contribution in [1.82, 2.24) is 0 Å². The molecule has 2 heteroatoms. The van der Waals surface area contributed by atoms with Crippen molar-refractivity contribution in [3.05, 3.63) is 35.4 Å². The molecule has 0 bridgehead atoms. The predicted octanol–water partition coefficient (Wildman–Crippen LogP) is 0.244. The van der Waals surface area contributed by atoms with Crippen molar-refractivity contribution in [2.24, 2.45) is 0 Å². The first-order chi connectivity index (χ1) is 4.09. The van der Waals surface area contributed by atoms with E-state index in [1.165, 1.54) is 7.05 Å². The van der Waals surface area contributed by atoms with Crippen LogP contribution in [0.3, 0.4) is 0 Å². The lowest BCUT2D eigenvalue weighted by atomic mass is 10.2. The lowest BCUT2D eigenvalue weighted by molar-refractivity contribution is -0.779. The molecule has 0 fully saturated rings. The van der Waals surface area contributed by atoms with Gasteiger partial charge in [0.05, 0.1) is 7.05 Å². The van der Waals surface area contributed by atoms with Gasteiger partial charge in [-0.1, -0.05) is 18.9 Å². The number of nitrogens with one attached hydrogen (secondary N) is 1. The van der Waals surface area contributed by atoms with Gasteiger partial charge in [0.2, 0.25) is 0 Å². The van der Waals surface area contributed by atoms with Crippen LogP contribution >= 0.6 is 0 Å². The topological polar surface area (TPSA) is 27.5 Å². The van der Waals surface area contributed by atoms with Crippen LogP contribution in [0.4, 0.5) is 0 Å². The average molecular weight is 125 g/mol. The molecule has 0 rings (SSSR count). The maximum atomic E-state index is 10.6. The predicted molar refractivity (Wildman–Crippen MR) is 37.7 cm³/mol. The Morgan fingerprint density at radius 3 is 2.11 bits per heavy atom. The quantitative estimate of drug-likeness (QED) is 0.319. The molecule has 0 aromatic heterocycles. The van der Waals surface area contributed by atoms with Crippen LogP contribution in [0.15, 0.2) is 30.2 Å². The van der Waals surface area contributed by atoms with Crippen LogP contribution in [0, 0.1) is 5.21 Å². The van der Waals surface area contributed by atoms with Crippen LogP contribution in [-0.2, 0) is 0 Å². The van der Waals surface area contributed by atoms with Gasteiger partial charge in [-0.05, 0) is 6.92 Å². The largest absolute Gasteiger partial charge is 0.629 e. The molecule has 0 radical (unpaired) electrons. The van der Waals surface area contributed by atoms with E-state index in [1.807, 2.05) is 0 Å². The first-order valence-corrected chi connectivity index (χ1v) is 2.66. The molecule has 0 aromatic carbocycles. The zero-order chi connectivity index (χ0) is 7.44. The molecule has 1 atom stereocenters. The van der Waals surface area contributed by atoms with E-state index in [2.05, 4.69) is 18.9 Å². The molecule has 0 heterocycles. The van der Waals surface area contributed by atoms with Crippen LogP contribution in [0.1, 0.15) is 6.92 Å². The van der Waals surface area contributed by atoms with Crippen molar-refractivity contribution in [1.29, 1.82) is 0 Å². The third-order valence-corrected chi connectivity index (χ3v) is 0.956.